The minimum atomic E-state index is -1.73. The van der Waals surface area contributed by atoms with Crippen LogP contribution >= 0.6 is 0 Å². The van der Waals surface area contributed by atoms with Crippen LogP contribution in [0.3, 0.4) is 0 Å². The van der Waals surface area contributed by atoms with Gasteiger partial charge in [0.25, 0.3) is 11.9 Å². The first-order valence-corrected chi connectivity index (χ1v) is 6.97. The Labute approximate surface area is 130 Å². The number of aromatic nitrogens is 1. The van der Waals surface area contributed by atoms with E-state index in [1.54, 1.807) is 12.1 Å². The Morgan fingerprint density at radius 3 is 2.30 bits per heavy atom. The molecule has 0 bridgehead atoms. The number of halogens is 4. The van der Waals surface area contributed by atoms with E-state index in [0.717, 1.165) is 0 Å². The van der Waals surface area contributed by atoms with E-state index in [0.29, 0.717) is 12.4 Å². The van der Waals surface area contributed by atoms with Crippen molar-refractivity contribution in [3.8, 4) is 0 Å². The smallest absolute Gasteiger partial charge is 0.253 e. The maximum Gasteiger partial charge on any atom is 0.253 e. The highest BCUT2D eigenvalue weighted by Crippen LogP contribution is 2.27. The summed E-state index contributed by atoms with van der Waals surface area (Å²) in [5.41, 5.74) is -0.954. The number of nitrogens with one attached hydrogen (secondary N) is 1. The lowest BCUT2D eigenvalue weighted by atomic mass is 10.2. The maximum absolute atomic E-state index is 13.7. The van der Waals surface area contributed by atoms with Crippen molar-refractivity contribution in [1.82, 2.24) is 4.98 Å². The zero-order valence-electron chi connectivity index (χ0n) is 12.6. The average molecular weight is 332 g/mol. The van der Waals surface area contributed by atoms with Gasteiger partial charge >= 0.3 is 0 Å². The Bertz CT molecular complexity index is 621. The molecule has 0 spiro atoms. The van der Waals surface area contributed by atoms with Gasteiger partial charge in [-0.25, -0.2) is 0 Å². The van der Waals surface area contributed by atoms with Crippen LogP contribution in [0.25, 0.3) is 0 Å². The standard InChI is InChI=1S/C15H16F4N2O2/c1-8(2)6-22-7-9(10-4-3-5-23-10)20-13-11(16)14(18)21-15(19)12(13)17/h3-5,8-9H,6-7H2,1-2H3,(H,20,21). The predicted octanol–water partition coefficient (Wildman–Crippen LogP) is 4.06. The van der Waals surface area contributed by atoms with Gasteiger partial charge in [-0.15, -0.1) is 0 Å². The van der Waals surface area contributed by atoms with E-state index in [1.165, 1.54) is 6.26 Å². The number of hydrogen-bond acceptors (Lipinski definition) is 4. The fourth-order valence-corrected chi connectivity index (χ4v) is 1.89. The molecule has 0 aromatic carbocycles. The Kier molecular flexibility index (Phi) is 5.59. The number of rotatable bonds is 7. The summed E-state index contributed by atoms with van der Waals surface area (Å²) in [4.78, 5) is 2.51. The van der Waals surface area contributed by atoms with Crippen LogP contribution in [0.15, 0.2) is 22.8 Å². The minimum Gasteiger partial charge on any atom is -0.467 e. The SMILES string of the molecule is CC(C)COCC(Nc1c(F)c(F)nc(F)c1F)c1ccco1. The number of pyridine rings is 1. The Balaban J connectivity index is 2.24. The molecule has 1 N–H and O–H groups in total. The lowest BCUT2D eigenvalue weighted by Crippen LogP contribution is -2.20. The van der Waals surface area contributed by atoms with E-state index in [-0.39, 0.29) is 12.5 Å². The second-order valence-corrected chi connectivity index (χ2v) is 5.34. The summed E-state index contributed by atoms with van der Waals surface area (Å²) >= 11 is 0. The topological polar surface area (TPSA) is 47.3 Å². The molecular formula is C15H16F4N2O2. The van der Waals surface area contributed by atoms with Crippen LogP contribution in [0.1, 0.15) is 25.6 Å². The van der Waals surface area contributed by atoms with E-state index >= 15 is 0 Å². The van der Waals surface area contributed by atoms with Gasteiger partial charge in [0.05, 0.1) is 12.9 Å². The molecule has 2 rings (SSSR count). The molecule has 126 valence electrons. The number of ether oxygens (including phenoxy) is 1. The molecule has 0 radical (unpaired) electrons. The number of nitrogens with zero attached hydrogens (tertiary/aromatic N) is 1. The first kappa shape index (κ1) is 17.3. The van der Waals surface area contributed by atoms with Gasteiger partial charge in [-0.2, -0.15) is 22.5 Å². The fraction of sp³-hybridized carbons (Fsp3) is 0.400. The van der Waals surface area contributed by atoms with Crippen LogP contribution in [-0.4, -0.2) is 18.2 Å². The van der Waals surface area contributed by atoms with Crippen LogP contribution in [0.4, 0.5) is 23.2 Å². The van der Waals surface area contributed by atoms with Crippen molar-refractivity contribution in [2.75, 3.05) is 18.5 Å². The summed E-state index contributed by atoms with van der Waals surface area (Å²) in [5, 5.41) is 2.38. The largest absolute Gasteiger partial charge is 0.467 e. The van der Waals surface area contributed by atoms with Gasteiger partial charge in [-0.1, -0.05) is 13.8 Å². The molecular weight excluding hydrogens is 316 g/mol. The van der Waals surface area contributed by atoms with Crippen molar-refractivity contribution in [2.45, 2.75) is 19.9 Å². The summed E-state index contributed by atoms with van der Waals surface area (Å²) in [7, 11) is 0. The van der Waals surface area contributed by atoms with E-state index < -0.39 is 35.3 Å². The van der Waals surface area contributed by atoms with Crippen LogP contribution in [0.2, 0.25) is 0 Å². The predicted molar refractivity (Wildman–Crippen MR) is 74.8 cm³/mol. The lowest BCUT2D eigenvalue weighted by molar-refractivity contribution is 0.0978. The molecule has 0 aliphatic carbocycles. The van der Waals surface area contributed by atoms with Gasteiger partial charge in [0.15, 0.2) is 0 Å². The summed E-state index contributed by atoms with van der Waals surface area (Å²) in [6.07, 6.45) is 1.37. The zero-order chi connectivity index (χ0) is 17.0. The van der Waals surface area contributed by atoms with Crippen molar-refractivity contribution in [1.29, 1.82) is 0 Å². The molecule has 1 atom stereocenters. The van der Waals surface area contributed by atoms with Crippen LogP contribution in [0.5, 0.6) is 0 Å². The Morgan fingerprint density at radius 2 is 1.78 bits per heavy atom. The van der Waals surface area contributed by atoms with Crippen molar-refractivity contribution < 1.29 is 26.7 Å². The molecule has 1 unspecified atom stereocenters. The molecule has 4 nitrogen and oxygen atoms in total. The second kappa shape index (κ2) is 7.45. The average Bonchev–Trinajstić information content (AvgIpc) is 3.01. The summed E-state index contributed by atoms with van der Waals surface area (Å²) in [6, 6.07) is 2.31. The fourth-order valence-electron chi connectivity index (χ4n) is 1.89. The van der Waals surface area contributed by atoms with Gasteiger partial charge in [0, 0.05) is 6.61 Å². The van der Waals surface area contributed by atoms with E-state index in [2.05, 4.69) is 10.3 Å². The highest BCUT2D eigenvalue weighted by molar-refractivity contribution is 5.47. The maximum atomic E-state index is 13.7. The van der Waals surface area contributed by atoms with E-state index in [9.17, 15) is 17.6 Å². The molecule has 0 aliphatic heterocycles. The van der Waals surface area contributed by atoms with Gasteiger partial charge in [-0.05, 0) is 18.1 Å². The van der Waals surface area contributed by atoms with Crippen molar-refractivity contribution in [2.24, 2.45) is 5.92 Å². The quantitative estimate of drug-likeness (QED) is 0.614. The molecule has 2 aromatic rings. The third kappa shape index (κ3) is 4.22. The summed E-state index contributed by atoms with van der Waals surface area (Å²) in [6.45, 7) is 4.27. The molecule has 23 heavy (non-hydrogen) atoms. The molecule has 0 amide bonds. The minimum absolute atomic E-state index is 0.00384. The monoisotopic (exact) mass is 332 g/mol. The summed E-state index contributed by atoms with van der Waals surface area (Å²) < 4.78 is 64.4. The first-order chi connectivity index (χ1) is 10.9. The zero-order valence-corrected chi connectivity index (χ0v) is 12.6. The van der Waals surface area contributed by atoms with E-state index in [4.69, 9.17) is 9.15 Å². The van der Waals surface area contributed by atoms with Crippen molar-refractivity contribution >= 4 is 5.69 Å². The number of hydrogen-bond donors (Lipinski definition) is 1. The molecule has 8 heteroatoms. The molecule has 0 saturated carbocycles. The molecule has 2 heterocycles. The second-order valence-electron chi connectivity index (χ2n) is 5.34. The van der Waals surface area contributed by atoms with Crippen LogP contribution < -0.4 is 5.32 Å². The number of anilines is 1. The van der Waals surface area contributed by atoms with Crippen LogP contribution in [-0.2, 0) is 4.74 Å². The highest BCUT2D eigenvalue weighted by atomic mass is 19.2. The van der Waals surface area contributed by atoms with Gasteiger partial charge < -0.3 is 14.5 Å². The van der Waals surface area contributed by atoms with Gasteiger partial charge in [0.1, 0.15) is 17.5 Å². The third-order valence-corrected chi connectivity index (χ3v) is 2.94. The molecule has 0 saturated heterocycles. The molecule has 0 aliphatic rings. The molecule has 2 aromatic heterocycles. The normalized spacial score (nSPS) is 12.7. The highest BCUT2D eigenvalue weighted by Gasteiger charge is 2.25. The summed E-state index contributed by atoms with van der Waals surface area (Å²) in [5.74, 6) is -6.12. The molecule has 0 fully saturated rings. The lowest BCUT2D eigenvalue weighted by Gasteiger charge is -2.19. The Morgan fingerprint density at radius 1 is 1.13 bits per heavy atom. The Hall–Kier alpha value is -2.09. The third-order valence-electron chi connectivity index (χ3n) is 2.94. The number of furan rings is 1. The van der Waals surface area contributed by atoms with Crippen molar-refractivity contribution in [3.05, 3.63) is 47.7 Å². The van der Waals surface area contributed by atoms with Crippen LogP contribution in [0, 0.1) is 29.4 Å². The van der Waals surface area contributed by atoms with Gasteiger partial charge in [0.2, 0.25) is 11.6 Å². The first-order valence-electron chi connectivity index (χ1n) is 6.97. The van der Waals surface area contributed by atoms with E-state index in [1.807, 2.05) is 13.8 Å². The van der Waals surface area contributed by atoms with Gasteiger partial charge in [-0.3, -0.25) is 0 Å². The van der Waals surface area contributed by atoms with Crippen molar-refractivity contribution in [3.63, 3.8) is 0 Å².